The minimum absolute atomic E-state index is 0.137. The molecule has 1 aliphatic carbocycles. The van der Waals surface area contributed by atoms with Gasteiger partial charge in [-0.3, -0.25) is 0 Å². The van der Waals surface area contributed by atoms with Gasteiger partial charge in [0.1, 0.15) is 5.75 Å². The highest BCUT2D eigenvalue weighted by Gasteiger charge is 2.50. The zero-order valence-corrected chi connectivity index (χ0v) is 14.9. The topological polar surface area (TPSA) is 45.1 Å². The van der Waals surface area contributed by atoms with Gasteiger partial charge in [0.2, 0.25) is 5.72 Å². The zero-order valence-electron chi connectivity index (χ0n) is 14.9. The van der Waals surface area contributed by atoms with E-state index in [0.717, 1.165) is 36.3 Å². The minimum Gasteiger partial charge on any atom is -0.512 e. The lowest BCUT2D eigenvalue weighted by Gasteiger charge is -2.47. The Morgan fingerprint density at radius 2 is 1.96 bits per heavy atom. The van der Waals surface area contributed by atoms with Crippen LogP contribution in [0.3, 0.4) is 0 Å². The number of hydrogen-bond donors (Lipinski definition) is 1. The minimum atomic E-state index is -0.687. The smallest absolute Gasteiger partial charge is 0.220 e. The maximum absolute atomic E-state index is 10.2. The van der Waals surface area contributed by atoms with Gasteiger partial charge in [-0.15, -0.1) is 0 Å². The molecule has 26 heavy (non-hydrogen) atoms. The van der Waals surface area contributed by atoms with Crippen LogP contribution >= 0.6 is 0 Å². The number of benzene rings is 2. The maximum Gasteiger partial charge on any atom is 0.220 e. The highest BCUT2D eigenvalue weighted by atomic mass is 16.5. The SMILES string of the molecule is Cc1ccc(C2=NN3C(C2)c2ccccc2OC32C=C(O)CCC2)cc1. The average molecular weight is 346 g/mol. The summed E-state index contributed by atoms with van der Waals surface area (Å²) >= 11 is 0. The van der Waals surface area contributed by atoms with Gasteiger partial charge in [-0.1, -0.05) is 48.0 Å². The molecule has 2 atom stereocenters. The zero-order chi connectivity index (χ0) is 17.7. The van der Waals surface area contributed by atoms with E-state index in [2.05, 4.69) is 48.3 Å². The molecule has 0 amide bonds. The molecule has 132 valence electrons. The lowest BCUT2D eigenvalue weighted by molar-refractivity contribution is -0.0944. The molecular formula is C22H22N2O2. The second-order valence-electron chi connectivity index (χ2n) is 7.45. The third-order valence-corrected chi connectivity index (χ3v) is 5.61. The number of aliphatic hydroxyl groups is 1. The van der Waals surface area contributed by atoms with Crippen molar-refractivity contribution >= 4 is 5.71 Å². The Labute approximate surface area is 153 Å². The Bertz CT molecular complexity index is 916. The summed E-state index contributed by atoms with van der Waals surface area (Å²) in [6.45, 7) is 2.10. The van der Waals surface area contributed by atoms with Gasteiger partial charge in [0, 0.05) is 30.9 Å². The number of ether oxygens (including phenoxy) is 1. The molecule has 0 saturated heterocycles. The normalized spacial score (nSPS) is 26.7. The van der Waals surface area contributed by atoms with Crippen molar-refractivity contribution in [2.45, 2.75) is 44.4 Å². The number of aryl methyl sites for hydroxylation is 1. The Morgan fingerprint density at radius 1 is 1.15 bits per heavy atom. The molecule has 1 spiro atoms. The van der Waals surface area contributed by atoms with Crippen LogP contribution < -0.4 is 4.74 Å². The summed E-state index contributed by atoms with van der Waals surface area (Å²) in [7, 11) is 0. The van der Waals surface area contributed by atoms with E-state index in [1.54, 1.807) is 0 Å². The van der Waals surface area contributed by atoms with Crippen LogP contribution in [-0.2, 0) is 0 Å². The van der Waals surface area contributed by atoms with Crippen LogP contribution in [0.5, 0.6) is 5.75 Å². The van der Waals surface area contributed by atoms with Crippen molar-refractivity contribution in [2.75, 3.05) is 0 Å². The van der Waals surface area contributed by atoms with Gasteiger partial charge < -0.3 is 9.84 Å². The number of para-hydroxylation sites is 1. The Hall–Kier alpha value is -2.75. The molecule has 0 saturated carbocycles. The summed E-state index contributed by atoms with van der Waals surface area (Å²) in [6.07, 6.45) is 5.14. The molecule has 5 rings (SSSR count). The second-order valence-corrected chi connectivity index (χ2v) is 7.45. The van der Waals surface area contributed by atoms with Crippen molar-refractivity contribution in [3.8, 4) is 5.75 Å². The van der Waals surface area contributed by atoms with E-state index in [1.165, 1.54) is 11.1 Å². The molecule has 2 heterocycles. The molecule has 2 unspecified atom stereocenters. The van der Waals surface area contributed by atoms with Crippen LogP contribution in [-0.4, -0.2) is 21.6 Å². The van der Waals surface area contributed by atoms with Crippen LogP contribution in [0.1, 0.15) is 48.4 Å². The Kier molecular flexibility index (Phi) is 3.36. The van der Waals surface area contributed by atoms with Crippen molar-refractivity contribution in [3.05, 3.63) is 77.1 Å². The van der Waals surface area contributed by atoms with E-state index in [-0.39, 0.29) is 6.04 Å². The van der Waals surface area contributed by atoms with Gasteiger partial charge in [-0.25, -0.2) is 5.01 Å². The number of rotatable bonds is 1. The fourth-order valence-corrected chi connectivity index (χ4v) is 4.30. The number of aliphatic hydroxyl groups excluding tert-OH is 1. The highest BCUT2D eigenvalue weighted by molar-refractivity contribution is 6.02. The molecule has 2 aromatic rings. The number of hydrogen-bond acceptors (Lipinski definition) is 4. The molecular weight excluding hydrogens is 324 g/mol. The molecule has 2 aromatic carbocycles. The van der Waals surface area contributed by atoms with Crippen molar-refractivity contribution in [3.63, 3.8) is 0 Å². The lowest BCUT2D eigenvalue weighted by Crippen LogP contribution is -2.53. The van der Waals surface area contributed by atoms with E-state index >= 15 is 0 Å². The molecule has 0 fully saturated rings. The largest absolute Gasteiger partial charge is 0.512 e. The van der Waals surface area contributed by atoms with Gasteiger partial charge in [0.05, 0.1) is 17.5 Å². The predicted octanol–water partition coefficient (Wildman–Crippen LogP) is 4.86. The number of allylic oxidation sites excluding steroid dienone is 1. The Balaban J connectivity index is 1.63. The van der Waals surface area contributed by atoms with Gasteiger partial charge in [0.15, 0.2) is 0 Å². The fraction of sp³-hybridized carbons (Fsp3) is 0.318. The molecule has 4 nitrogen and oxygen atoms in total. The van der Waals surface area contributed by atoms with Gasteiger partial charge >= 0.3 is 0 Å². The summed E-state index contributed by atoms with van der Waals surface area (Å²) in [4.78, 5) is 0. The standard InChI is InChI=1S/C22H22N2O2/c1-15-8-10-16(11-9-15)19-13-20-18-6-2-3-7-21(18)26-22(24(20)23-19)12-4-5-17(25)14-22/h2-3,6-11,14,20,25H,4-5,12-13H2,1H3. The van der Waals surface area contributed by atoms with E-state index in [1.807, 2.05) is 18.2 Å². The van der Waals surface area contributed by atoms with E-state index in [4.69, 9.17) is 9.84 Å². The first kappa shape index (κ1) is 15.5. The molecule has 2 aliphatic heterocycles. The van der Waals surface area contributed by atoms with Crippen molar-refractivity contribution < 1.29 is 9.84 Å². The third-order valence-electron chi connectivity index (χ3n) is 5.61. The summed E-state index contributed by atoms with van der Waals surface area (Å²) in [5.41, 5.74) is 3.96. The van der Waals surface area contributed by atoms with Gasteiger partial charge in [-0.2, -0.15) is 5.10 Å². The average Bonchev–Trinajstić information content (AvgIpc) is 3.09. The first-order valence-electron chi connectivity index (χ1n) is 9.27. The maximum atomic E-state index is 10.2. The van der Waals surface area contributed by atoms with Crippen molar-refractivity contribution in [1.29, 1.82) is 0 Å². The van der Waals surface area contributed by atoms with Crippen LogP contribution in [0, 0.1) is 6.92 Å². The van der Waals surface area contributed by atoms with Crippen LogP contribution in [0.2, 0.25) is 0 Å². The Morgan fingerprint density at radius 3 is 2.77 bits per heavy atom. The number of fused-ring (bicyclic) bond motifs is 4. The second kappa shape index (κ2) is 5.63. The fourth-order valence-electron chi connectivity index (χ4n) is 4.30. The van der Waals surface area contributed by atoms with Gasteiger partial charge in [-0.05, 0) is 25.0 Å². The number of nitrogens with zero attached hydrogens (tertiary/aromatic N) is 2. The monoisotopic (exact) mass is 346 g/mol. The number of hydrazone groups is 1. The third kappa shape index (κ3) is 2.32. The van der Waals surface area contributed by atoms with Crippen LogP contribution in [0.25, 0.3) is 0 Å². The summed E-state index contributed by atoms with van der Waals surface area (Å²) in [5, 5.41) is 17.3. The first-order valence-corrected chi connectivity index (χ1v) is 9.27. The summed E-state index contributed by atoms with van der Waals surface area (Å²) < 4.78 is 6.43. The molecule has 0 aromatic heterocycles. The summed E-state index contributed by atoms with van der Waals surface area (Å²) in [6, 6.07) is 16.9. The lowest BCUT2D eigenvalue weighted by atomic mass is 9.90. The molecule has 0 radical (unpaired) electrons. The van der Waals surface area contributed by atoms with Gasteiger partial charge in [0.25, 0.3) is 0 Å². The van der Waals surface area contributed by atoms with Crippen LogP contribution in [0.15, 0.2) is 65.5 Å². The van der Waals surface area contributed by atoms with E-state index in [9.17, 15) is 5.11 Å². The predicted molar refractivity (Wildman–Crippen MR) is 101 cm³/mol. The first-order chi connectivity index (χ1) is 12.6. The van der Waals surface area contributed by atoms with Crippen molar-refractivity contribution in [2.24, 2.45) is 5.10 Å². The van der Waals surface area contributed by atoms with Crippen LogP contribution in [0.4, 0.5) is 0 Å². The summed E-state index contributed by atoms with van der Waals surface area (Å²) in [5.74, 6) is 1.30. The molecule has 4 heteroatoms. The highest BCUT2D eigenvalue weighted by Crippen LogP contribution is 2.50. The van der Waals surface area contributed by atoms with E-state index in [0.29, 0.717) is 12.2 Å². The van der Waals surface area contributed by atoms with Crippen molar-refractivity contribution in [1.82, 2.24) is 5.01 Å². The molecule has 0 bridgehead atoms. The quantitative estimate of drug-likeness (QED) is 0.802. The molecule has 1 N–H and O–H groups in total. The molecule has 3 aliphatic rings. The van der Waals surface area contributed by atoms with E-state index < -0.39 is 5.72 Å².